The molecule has 0 amide bonds. The van der Waals surface area contributed by atoms with E-state index in [2.05, 4.69) is 6.92 Å². The van der Waals surface area contributed by atoms with Gasteiger partial charge < -0.3 is 14.9 Å². The van der Waals surface area contributed by atoms with Gasteiger partial charge >= 0.3 is 5.97 Å². The van der Waals surface area contributed by atoms with Gasteiger partial charge in [-0.25, -0.2) is 0 Å². The number of ether oxygens (including phenoxy) is 1. The SMILES string of the molecule is CCCC(CCCCC(=O)O)Oc1ccc(C(C)=O)c(O)c1. The van der Waals surface area contributed by atoms with Gasteiger partial charge in [-0.15, -0.1) is 0 Å². The van der Waals surface area contributed by atoms with Gasteiger partial charge in [0.15, 0.2) is 5.78 Å². The summed E-state index contributed by atoms with van der Waals surface area (Å²) in [6.45, 7) is 3.46. The fourth-order valence-corrected chi connectivity index (χ4v) is 2.31. The van der Waals surface area contributed by atoms with Crippen molar-refractivity contribution in [2.75, 3.05) is 0 Å². The number of carboxylic acids is 1. The molecule has 0 aliphatic heterocycles. The normalized spacial score (nSPS) is 11.9. The van der Waals surface area contributed by atoms with E-state index in [1.165, 1.54) is 13.0 Å². The van der Waals surface area contributed by atoms with E-state index < -0.39 is 5.97 Å². The molecule has 1 atom stereocenters. The molecule has 5 heteroatoms. The number of phenolic OH excluding ortho intramolecular Hbond substituents is 1. The third kappa shape index (κ3) is 6.16. The molecule has 122 valence electrons. The van der Waals surface area contributed by atoms with Crippen molar-refractivity contribution in [2.45, 2.75) is 58.5 Å². The molecule has 22 heavy (non-hydrogen) atoms. The van der Waals surface area contributed by atoms with E-state index in [1.807, 2.05) is 0 Å². The van der Waals surface area contributed by atoms with Gasteiger partial charge in [-0.2, -0.15) is 0 Å². The van der Waals surface area contributed by atoms with Crippen molar-refractivity contribution in [1.29, 1.82) is 0 Å². The number of hydrogen-bond acceptors (Lipinski definition) is 4. The number of ketones is 1. The van der Waals surface area contributed by atoms with Gasteiger partial charge in [0.2, 0.25) is 0 Å². The number of rotatable bonds is 10. The van der Waals surface area contributed by atoms with E-state index in [0.717, 1.165) is 25.7 Å². The summed E-state index contributed by atoms with van der Waals surface area (Å²) in [7, 11) is 0. The van der Waals surface area contributed by atoms with E-state index in [-0.39, 0.29) is 29.6 Å². The lowest BCUT2D eigenvalue weighted by molar-refractivity contribution is -0.137. The highest BCUT2D eigenvalue weighted by Gasteiger charge is 2.13. The quantitative estimate of drug-likeness (QED) is 0.507. The standard InChI is InChI=1S/C17H24O5/c1-3-6-13(7-4-5-8-17(20)21)22-14-9-10-15(12(2)18)16(19)11-14/h9-11,13,19H,3-8H2,1-2H3,(H,20,21). The minimum absolute atomic E-state index is 0.0126. The number of carboxylic acid groups (broad SMARTS) is 1. The van der Waals surface area contributed by atoms with Crippen LogP contribution in [-0.2, 0) is 4.79 Å². The Kier molecular flexibility index (Phi) is 7.43. The molecule has 0 aliphatic carbocycles. The number of carbonyl (C=O) groups excluding carboxylic acids is 1. The van der Waals surface area contributed by atoms with Crippen molar-refractivity contribution in [1.82, 2.24) is 0 Å². The Hall–Kier alpha value is -2.04. The zero-order valence-corrected chi connectivity index (χ0v) is 13.2. The minimum Gasteiger partial charge on any atom is -0.507 e. The monoisotopic (exact) mass is 308 g/mol. The van der Waals surface area contributed by atoms with Gasteiger partial charge in [0, 0.05) is 12.5 Å². The van der Waals surface area contributed by atoms with Crippen LogP contribution in [0, 0.1) is 0 Å². The Morgan fingerprint density at radius 2 is 1.95 bits per heavy atom. The van der Waals surface area contributed by atoms with Crippen LogP contribution in [0.2, 0.25) is 0 Å². The van der Waals surface area contributed by atoms with Gasteiger partial charge in [-0.1, -0.05) is 13.3 Å². The highest BCUT2D eigenvalue weighted by molar-refractivity contribution is 5.96. The first-order valence-corrected chi connectivity index (χ1v) is 7.66. The maximum atomic E-state index is 11.3. The first-order valence-electron chi connectivity index (χ1n) is 7.66. The third-order valence-corrected chi connectivity index (χ3v) is 3.43. The molecule has 0 aliphatic rings. The van der Waals surface area contributed by atoms with Crippen molar-refractivity contribution in [3.05, 3.63) is 23.8 Å². The van der Waals surface area contributed by atoms with Crippen molar-refractivity contribution in [2.24, 2.45) is 0 Å². The lowest BCUT2D eigenvalue weighted by Crippen LogP contribution is -2.16. The number of aliphatic carboxylic acids is 1. The summed E-state index contributed by atoms with van der Waals surface area (Å²) in [5.41, 5.74) is 0.279. The first-order chi connectivity index (χ1) is 10.4. The summed E-state index contributed by atoms with van der Waals surface area (Å²) in [6.07, 6.45) is 4.18. The molecule has 0 heterocycles. The largest absolute Gasteiger partial charge is 0.507 e. The number of phenols is 1. The molecule has 0 saturated carbocycles. The van der Waals surface area contributed by atoms with E-state index >= 15 is 0 Å². The maximum Gasteiger partial charge on any atom is 0.303 e. The number of hydrogen-bond donors (Lipinski definition) is 2. The Morgan fingerprint density at radius 1 is 1.23 bits per heavy atom. The van der Waals surface area contributed by atoms with Crippen LogP contribution < -0.4 is 4.74 Å². The summed E-state index contributed by atoms with van der Waals surface area (Å²) in [6, 6.07) is 4.69. The van der Waals surface area contributed by atoms with Gasteiger partial charge in [-0.3, -0.25) is 9.59 Å². The highest BCUT2D eigenvalue weighted by atomic mass is 16.5. The summed E-state index contributed by atoms with van der Waals surface area (Å²) >= 11 is 0. The number of unbranched alkanes of at least 4 members (excludes halogenated alkanes) is 1. The number of aromatic hydroxyl groups is 1. The average Bonchev–Trinajstić information content (AvgIpc) is 2.43. The van der Waals surface area contributed by atoms with Crippen LogP contribution in [0.1, 0.15) is 62.7 Å². The minimum atomic E-state index is -0.780. The predicted molar refractivity (Wildman–Crippen MR) is 83.5 cm³/mol. The zero-order valence-electron chi connectivity index (χ0n) is 13.2. The molecule has 1 aromatic carbocycles. The van der Waals surface area contributed by atoms with Crippen molar-refractivity contribution >= 4 is 11.8 Å². The molecule has 0 saturated heterocycles. The summed E-state index contributed by atoms with van der Waals surface area (Å²) in [4.78, 5) is 21.8. The lowest BCUT2D eigenvalue weighted by Gasteiger charge is -2.19. The van der Waals surface area contributed by atoms with Gasteiger partial charge in [-0.05, 0) is 44.7 Å². The van der Waals surface area contributed by atoms with Crippen molar-refractivity contribution < 1.29 is 24.5 Å². The molecule has 5 nitrogen and oxygen atoms in total. The average molecular weight is 308 g/mol. The van der Waals surface area contributed by atoms with Gasteiger partial charge in [0.1, 0.15) is 11.5 Å². The van der Waals surface area contributed by atoms with E-state index in [1.54, 1.807) is 12.1 Å². The smallest absolute Gasteiger partial charge is 0.303 e. The summed E-state index contributed by atoms with van der Waals surface area (Å²) < 4.78 is 5.86. The first kappa shape index (κ1) is 18.0. The fraction of sp³-hybridized carbons (Fsp3) is 0.529. The lowest BCUT2D eigenvalue weighted by atomic mass is 10.1. The molecule has 1 rings (SSSR count). The van der Waals surface area contributed by atoms with Crippen molar-refractivity contribution in [3.8, 4) is 11.5 Å². The molecule has 1 aromatic rings. The number of benzene rings is 1. The Balaban J connectivity index is 2.60. The summed E-state index contributed by atoms with van der Waals surface area (Å²) in [5, 5.41) is 18.4. The maximum absolute atomic E-state index is 11.3. The number of Topliss-reactive ketones (excluding diaryl/α,β-unsaturated/α-hetero) is 1. The fourth-order valence-electron chi connectivity index (χ4n) is 2.31. The third-order valence-electron chi connectivity index (χ3n) is 3.43. The molecular formula is C17H24O5. The second-order valence-electron chi connectivity index (χ2n) is 5.40. The van der Waals surface area contributed by atoms with Gasteiger partial charge in [0.25, 0.3) is 0 Å². The van der Waals surface area contributed by atoms with Crippen LogP contribution in [0.4, 0.5) is 0 Å². The molecule has 0 bridgehead atoms. The Labute approximate surface area is 130 Å². The van der Waals surface area contributed by atoms with Crippen LogP contribution in [0.25, 0.3) is 0 Å². The molecule has 1 unspecified atom stereocenters. The summed E-state index contributed by atoms with van der Waals surface area (Å²) in [5.74, 6) is -0.522. The van der Waals surface area contributed by atoms with Crippen LogP contribution in [-0.4, -0.2) is 28.1 Å². The molecule has 0 radical (unpaired) electrons. The molecule has 0 spiro atoms. The van der Waals surface area contributed by atoms with Crippen LogP contribution in [0.3, 0.4) is 0 Å². The van der Waals surface area contributed by atoms with E-state index in [9.17, 15) is 14.7 Å². The Bertz CT molecular complexity index is 510. The van der Waals surface area contributed by atoms with Crippen molar-refractivity contribution in [3.63, 3.8) is 0 Å². The molecular weight excluding hydrogens is 284 g/mol. The highest BCUT2D eigenvalue weighted by Crippen LogP contribution is 2.26. The van der Waals surface area contributed by atoms with Crippen LogP contribution >= 0.6 is 0 Å². The zero-order chi connectivity index (χ0) is 16.5. The van der Waals surface area contributed by atoms with E-state index in [4.69, 9.17) is 9.84 Å². The predicted octanol–water partition coefficient (Wildman–Crippen LogP) is 3.79. The second kappa shape index (κ2) is 9.07. The van der Waals surface area contributed by atoms with Crippen LogP contribution in [0.5, 0.6) is 11.5 Å². The topological polar surface area (TPSA) is 83.8 Å². The van der Waals surface area contributed by atoms with E-state index in [0.29, 0.717) is 12.2 Å². The van der Waals surface area contributed by atoms with Gasteiger partial charge in [0.05, 0.1) is 11.7 Å². The molecule has 0 aromatic heterocycles. The Morgan fingerprint density at radius 3 is 2.50 bits per heavy atom. The molecule has 0 fully saturated rings. The second-order valence-corrected chi connectivity index (χ2v) is 5.40. The van der Waals surface area contributed by atoms with Crippen LogP contribution in [0.15, 0.2) is 18.2 Å². The number of carbonyl (C=O) groups is 2. The molecule has 2 N–H and O–H groups in total.